The Morgan fingerprint density at radius 1 is 1.27 bits per heavy atom. The Kier molecular flexibility index (Phi) is 4.65. The molecule has 1 aromatic heterocycles. The smallest absolute Gasteiger partial charge is 0.347 e. The third kappa shape index (κ3) is 2.68. The number of aliphatic hydroxyl groups is 1. The van der Waals surface area contributed by atoms with Crippen molar-refractivity contribution in [2.24, 2.45) is 0 Å². The van der Waals surface area contributed by atoms with E-state index in [0.29, 0.717) is 27.8 Å². The Balaban J connectivity index is 2.28. The molecule has 0 spiro atoms. The van der Waals surface area contributed by atoms with Gasteiger partial charge in [-0.15, -0.1) is 0 Å². The molecule has 0 unspecified atom stereocenters. The molecule has 1 atom stereocenters. The summed E-state index contributed by atoms with van der Waals surface area (Å²) in [7, 11) is 1.52. The van der Waals surface area contributed by atoms with Crippen molar-refractivity contribution in [3.63, 3.8) is 0 Å². The Morgan fingerprint density at radius 3 is 2.62 bits per heavy atom. The van der Waals surface area contributed by atoms with Gasteiger partial charge in [-0.25, -0.2) is 4.79 Å². The van der Waals surface area contributed by atoms with Crippen LogP contribution in [0.15, 0.2) is 48.7 Å². The molecule has 2 aromatic carbocycles. The van der Waals surface area contributed by atoms with Gasteiger partial charge in [0.15, 0.2) is 0 Å². The summed E-state index contributed by atoms with van der Waals surface area (Å²) in [5, 5.41) is 21.1. The molecule has 0 amide bonds. The van der Waals surface area contributed by atoms with Crippen molar-refractivity contribution in [3.8, 4) is 11.8 Å². The van der Waals surface area contributed by atoms with Crippen molar-refractivity contribution in [1.82, 2.24) is 4.98 Å². The van der Waals surface area contributed by atoms with Crippen LogP contribution >= 0.6 is 0 Å². The number of fused-ring (bicyclic) bond motifs is 1. The summed E-state index contributed by atoms with van der Waals surface area (Å²) in [6.45, 7) is 1.80. The van der Waals surface area contributed by atoms with Crippen LogP contribution < -0.4 is 4.74 Å². The number of hydrogen-bond donors (Lipinski definition) is 2. The summed E-state index contributed by atoms with van der Waals surface area (Å²) in [5.74, 6) is -0.272. The lowest BCUT2D eigenvalue weighted by atomic mass is 9.85. The molecule has 0 aliphatic heterocycles. The maximum Gasteiger partial charge on any atom is 0.347 e. The van der Waals surface area contributed by atoms with E-state index in [1.165, 1.54) is 7.11 Å². The number of aromatic nitrogens is 1. The van der Waals surface area contributed by atoms with E-state index in [2.05, 4.69) is 4.98 Å². The van der Waals surface area contributed by atoms with E-state index in [0.717, 1.165) is 5.52 Å². The largest absolute Gasteiger partial charge is 0.496 e. The van der Waals surface area contributed by atoms with Crippen LogP contribution in [0.4, 0.5) is 0 Å². The molecule has 0 aliphatic carbocycles. The average Bonchev–Trinajstić information content (AvgIpc) is 3.12. The number of aromatic amines is 1. The topological polar surface area (TPSA) is 95.3 Å². The van der Waals surface area contributed by atoms with E-state index in [4.69, 9.17) is 14.7 Å². The second-order valence-electron chi connectivity index (χ2n) is 5.71. The van der Waals surface area contributed by atoms with Crippen molar-refractivity contribution >= 4 is 16.9 Å². The number of rotatable bonds is 5. The standard InChI is InChI=1S/C20H18N2O4/c1-3-26-19(23)20(24,14-9-7-13(11-21)8-10-14)15-12-22-16-5-4-6-17(25-2)18(15)16/h4-10,12,22,24H,3H2,1-2H3/t20-/m0/s1. The van der Waals surface area contributed by atoms with Crippen LogP contribution in [0.2, 0.25) is 0 Å². The number of nitrogens with one attached hydrogen (secondary N) is 1. The summed E-state index contributed by atoms with van der Waals surface area (Å²) < 4.78 is 10.6. The zero-order valence-electron chi connectivity index (χ0n) is 14.4. The van der Waals surface area contributed by atoms with Gasteiger partial charge in [0.25, 0.3) is 0 Å². The number of carbonyl (C=O) groups is 1. The maximum atomic E-state index is 12.8. The van der Waals surface area contributed by atoms with Gasteiger partial charge in [-0.2, -0.15) is 5.26 Å². The number of H-pyrrole nitrogens is 1. The van der Waals surface area contributed by atoms with Crippen LogP contribution in [-0.4, -0.2) is 29.8 Å². The Hall–Kier alpha value is -3.30. The zero-order valence-corrected chi connectivity index (χ0v) is 14.4. The van der Waals surface area contributed by atoms with Crippen LogP contribution in [0.1, 0.15) is 23.6 Å². The lowest BCUT2D eigenvalue weighted by Crippen LogP contribution is -2.38. The van der Waals surface area contributed by atoms with Gasteiger partial charge in [0.1, 0.15) is 5.75 Å². The number of methoxy groups -OCH3 is 1. The first-order chi connectivity index (χ1) is 12.6. The number of nitriles is 1. The van der Waals surface area contributed by atoms with Crippen LogP contribution in [0.3, 0.4) is 0 Å². The molecule has 0 aliphatic rings. The van der Waals surface area contributed by atoms with Gasteiger partial charge in [-0.3, -0.25) is 0 Å². The molecule has 0 bridgehead atoms. The minimum atomic E-state index is -2.04. The van der Waals surface area contributed by atoms with Crippen molar-refractivity contribution in [1.29, 1.82) is 5.26 Å². The highest BCUT2D eigenvalue weighted by Gasteiger charge is 2.44. The SMILES string of the molecule is CCOC(=O)[C@](O)(c1ccc(C#N)cc1)c1c[nH]c2cccc(OC)c12. The number of ether oxygens (including phenoxy) is 2. The first-order valence-corrected chi connectivity index (χ1v) is 8.11. The van der Waals surface area contributed by atoms with E-state index < -0.39 is 11.6 Å². The molecule has 132 valence electrons. The number of hydrogen-bond acceptors (Lipinski definition) is 5. The molecule has 3 rings (SSSR count). The molecule has 0 saturated carbocycles. The summed E-state index contributed by atoms with van der Waals surface area (Å²) in [5.41, 5.74) is -0.265. The molecule has 0 fully saturated rings. The highest BCUT2D eigenvalue weighted by atomic mass is 16.5. The lowest BCUT2D eigenvalue weighted by Gasteiger charge is -2.26. The number of benzene rings is 2. The quantitative estimate of drug-likeness (QED) is 0.690. The number of carbonyl (C=O) groups excluding carboxylic acids is 1. The van der Waals surface area contributed by atoms with Gasteiger partial charge in [0, 0.05) is 22.7 Å². The normalized spacial score (nSPS) is 13.0. The molecular formula is C20H18N2O4. The summed E-state index contributed by atoms with van der Waals surface area (Å²) in [6.07, 6.45) is 1.57. The Labute approximate surface area is 150 Å². The monoisotopic (exact) mass is 350 g/mol. The first kappa shape index (κ1) is 17.5. The third-order valence-electron chi connectivity index (χ3n) is 4.28. The number of nitrogens with zero attached hydrogens (tertiary/aromatic N) is 1. The van der Waals surface area contributed by atoms with Crippen LogP contribution in [0, 0.1) is 11.3 Å². The van der Waals surface area contributed by atoms with Gasteiger partial charge in [-0.05, 0) is 36.8 Å². The van der Waals surface area contributed by atoms with Gasteiger partial charge < -0.3 is 19.6 Å². The van der Waals surface area contributed by atoms with Crippen LogP contribution in [0.5, 0.6) is 5.75 Å². The minimum absolute atomic E-state index is 0.122. The Bertz CT molecular complexity index is 985. The summed E-state index contributed by atoms with van der Waals surface area (Å²) in [4.78, 5) is 15.8. The minimum Gasteiger partial charge on any atom is -0.496 e. The van der Waals surface area contributed by atoms with Crippen molar-refractivity contribution < 1.29 is 19.4 Å². The van der Waals surface area contributed by atoms with Crippen LogP contribution in [-0.2, 0) is 15.1 Å². The van der Waals surface area contributed by atoms with Crippen molar-refractivity contribution in [2.75, 3.05) is 13.7 Å². The molecule has 26 heavy (non-hydrogen) atoms. The van der Waals surface area contributed by atoms with E-state index in [1.54, 1.807) is 43.5 Å². The maximum absolute atomic E-state index is 12.8. The Morgan fingerprint density at radius 2 is 2.00 bits per heavy atom. The molecule has 0 saturated heterocycles. The van der Waals surface area contributed by atoms with Gasteiger partial charge in [-0.1, -0.05) is 18.2 Å². The van der Waals surface area contributed by atoms with E-state index >= 15 is 0 Å². The van der Waals surface area contributed by atoms with Crippen molar-refractivity contribution in [2.45, 2.75) is 12.5 Å². The molecule has 2 N–H and O–H groups in total. The molecule has 6 heteroatoms. The fraction of sp³-hybridized carbons (Fsp3) is 0.200. The third-order valence-corrected chi connectivity index (χ3v) is 4.28. The highest BCUT2D eigenvalue weighted by molar-refractivity contribution is 5.97. The summed E-state index contributed by atoms with van der Waals surface area (Å²) >= 11 is 0. The number of esters is 1. The second kappa shape index (κ2) is 6.90. The van der Waals surface area contributed by atoms with E-state index in [-0.39, 0.29) is 6.61 Å². The van der Waals surface area contributed by atoms with Gasteiger partial charge in [0.2, 0.25) is 5.60 Å². The lowest BCUT2D eigenvalue weighted by molar-refractivity contribution is -0.161. The first-order valence-electron chi connectivity index (χ1n) is 8.11. The van der Waals surface area contributed by atoms with Gasteiger partial charge >= 0.3 is 5.97 Å². The predicted molar refractivity (Wildman–Crippen MR) is 95.6 cm³/mol. The second-order valence-corrected chi connectivity index (χ2v) is 5.71. The molecule has 0 radical (unpaired) electrons. The zero-order chi connectivity index (χ0) is 18.7. The highest BCUT2D eigenvalue weighted by Crippen LogP contribution is 2.39. The fourth-order valence-corrected chi connectivity index (χ4v) is 3.01. The predicted octanol–water partition coefficient (Wildman–Crippen LogP) is 2.85. The molecular weight excluding hydrogens is 332 g/mol. The van der Waals surface area contributed by atoms with Crippen molar-refractivity contribution in [3.05, 3.63) is 65.4 Å². The molecule has 1 heterocycles. The summed E-state index contributed by atoms with van der Waals surface area (Å²) in [6, 6.07) is 13.6. The van der Waals surface area contributed by atoms with Crippen LogP contribution in [0.25, 0.3) is 10.9 Å². The van der Waals surface area contributed by atoms with E-state index in [9.17, 15) is 9.90 Å². The molecule has 3 aromatic rings. The fourth-order valence-electron chi connectivity index (χ4n) is 3.01. The van der Waals surface area contributed by atoms with E-state index in [1.807, 2.05) is 18.2 Å². The van der Waals surface area contributed by atoms with Gasteiger partial charge in [0.05, 0.1) is 25.3 Å². The average molecular weight is 350 g/mol. The molecule has 6 nitrogen and oxygen atoms in total.